The maximum Gasteiger partial charge on any atom is 0.317 e. The average Bonchev–Trinajstić information content (AvgIpc) is 2.79. The Bertz CT molecular complexity index is 505. The van der Waals surface area contributed by atoms with E-state index in [0.29, 0.717) is 6.54 Å². The van der Waals surface area contributed by atoms with Crippen molar-refractivity contribution in [3.8, 4) is 0 Å². The summed E-state index contributed by atoms with van der Waals surface area (Å²) in [6, 6.07) is 2.25. The predicted octanol–water partition coefficient (Wildman–Crippen LogP) is 0.0961. The van der Waals surface area contributed by atoms with Crippen molar-refractivity contribution in [2.75, 3.05) is 31.1 Å². The fourth-order valence-corrected chi connectivity index (χ4v) is 2.84. The Morgan fingerprint density at radius 2 is 2.37 bits per heavy atom. The Hall–Kier alpha value is -1.82. The molecule has 0 bridgehead atoms. The van der Waals surface area contributed by atoms with E-state index in [1.165, 1.54) is 0 Å². The van der Waals surface area contributed by atoms with Gasteiger partial charge in [-0.15, -0.1) is 0 Å². The van der Waals surface area contributed by atoms with Gasteiger partial charge in [-0.05, 0) is 24.1 Å². The Kier molecular flexibility index (Phi) is 3.02. The van der Waals surface area contributed by atoms with Crippen molar-refractivity contribution < 1.29 is 9.90 Å². The molecule has 6 nitrogen and oxygen atoms in total. The largest absolute Gasteiger partial charge is 0.392 e. The number of aliphatic hydroxyl groups is 1. The second kappa shape index (κ2) is 4.70. The average molecular weight is 262 g/mol. The van der Waals surface area contributed by atoms with Gasteiger partial charge in [-0.1, -0.05) is 0 Å². The zero-order valence-electron chi connectivity index (χ0n) is 11.0. The number of nitrogens with one attached hydrogen (secondary N) is 1. The number of amides is 2. The summed E-state index contributed by atoms with van der Waals surface area (Å²) in [7, 11) is 0. The summed E-state index contributed by atoms with van der Waals surface area (Å²) in [5.41, 5.74) is 1.90. The molecule has 2 saturated heterocycles. The Morgan fingerprint density at radius 3 is 3.11 bits per heavy atom. The van der Waals surface area contributed by atoms with Crippen LogP contribution in [-0.2, 0) is 6.61 Å². The van der Waals surface area contributed by atoms with E-state index in [-0.39, 0.29) is 18.7 Å². The molecule has 3 rings (SSSR count). The number of fused-ring (bicyclic) bond motifs is 1. The van der Waals surface area contributed by atoms with Crippen LogP contribution in [0, 0.1) is 6.92 Å². The smallest absolute Gasteiger partial charge is 0.317 e. The SMILES string of the molecule is Cc1cc(CO)cnc1N1CCN2C(=O)NCC2C1. The Balaban J connectivity index is 1.79. The zero-order valence-corrected chi connectivity index (χ0v) is 11.0. The van der Waals surface area contributed by atoms with Crippen LogP contribution < -0.4 is 10.2 Å². The number of hydrogen-bond acceptors (Lipinski definition) is 4. The van der Waals surface area contributed by atoms with Gasteiger partial charge in [0, 0.05) is 32.4 Å². The van der Waals surface area contributed by atoms with E-state index in [4.69, 9.17) is 5.11 Å². The van der Waals surface area contributed by atoms with E-state index in [1.54, 1.807) is 6.20 Å². The van der Waals surface area contributed by atoms with Gasteiger partial charge < -0.3 is 20.2 Å². The highest BCUT2D eigenvalue weighted by Gasteiger charge is 2.35. The van der Waals surface area contributed by atoms with Gasteiger partial charge in [0.25, 0.3) is 0 Å². The molecule has 3 heterocycles. The lowest BCUT2D eigenvalue weighted by atomic mass is 10.1. The number of nitrogens with zero attached hydrogens (tertiary/aromatic N) is 3. The highest BCUT2D eigenvalue weighted by Crippen LogP contribution is 2.23. The number of anilines is 1. The minimum Gasteiger partial charge on any atom is -0.392 e. The fourth-order valence-electron chi connectivity index (χ4n) is 2.84. The topological polar surface area (TPSA) is 68.7 Å². The van der Waals surface area contributed by atoms with Crippen LogP contribution in [0.2, 0.25) is 0 Å². The second-order valence-electron chi connectivity index (χ2n) is 5.12. The van der Waals surface area contributed by atoms with Crippen LogP contribution in [0.5, 0.6) is 0 Å². The number of aromatic nitrogens is 1. The van der Waals surface area contributed by atoms with E-state index in [9.17, 15) is 4.79 Å². The van der Waals surface area contributed by atoms with Crippen molar-refractivity contribution in [2.45, 2.75) is 19.6 Å². The number of carbonyl (C=O) groups excluding carboxylic acids is 1. The van der Waals surface area contributed by atoms with Gasteiger partial charge in [0.2, 0.25) is 0 Å². The van der Waals surface area contributed by atoms with Gasteiger partial charge in [-0.2, -0.15) is 0 Å². The summed E-state index contributed by atoms with van der Waals surface area (Å²) >= 11 is 0. The third kappa shape index (κ3) is 2.12. The highest BCUT2D eigenvalue weighted by molar-refractivity contribution is 5.77. The summed E-state index contributed by atoms with van der Waals surface area (Å²) in [6.07, 6.45) is 1.72. The van der Waals surface area contributed by atoms with Crippen LogP contribution >= 0.6 is 0 Å². The van der Waals surface area contributed by atoms with Crippen molar-refractivity contribution in [3.63, 3.8) is 0 Å². The first-order valence-corrected chi connectivity index (χ1v) is 6.55. The molecule has 2 aliphatic rings. The van der Waals surface area contributed by atoms with E-state index >= 15 is 0 Å². The quantitative estimate of drug-likeness (QED) is 0.793. The lowest BCUT2D eigenvalue weighted by Crippen LogP contribution is -2.52. The van der Waals surface area contributed by atoms with E-state index in [2.05, 4.69) is 15.2 Å². The number of pyridine rings is 1. The monoisotopic (exact) mass is 262 g/mol. The van der Waals surface area contributed by atoms with E-state index < -0.39 is 0 Å². The summed E-state index contributed by atoms with van der Waals surface area (Å²) in [5.74, 6) is 0.955. The zero-order chi connectivity index (χ0) is 13.4. The third-order valence-electron chi connectivity index (χ3n) is 3.82. The number of rotatable bonds is 2. The highest BCUT2D eigenvalue weighted by atomic mass is 16.3. The molecule has 1 aromatic rings. The van der Waals surface area contributed by atoms with Crippen LogP contribution in [0.1, 0.15) is 11.1 Å². The maximum absolute atomic E-state index is 11.6. The van der Waals surface area contributed by atoms with Crippen molar-refractivity contribution >= 4 is 11.8 Å². The van der Waals surface area contributed by atoms with Gasteiger partial charge in [0.15, 0.2) is 0 Å². The lowest BCUT2D eigenvalue weighted by molar-refractivity contribution is 0.197. The molecule has 1 unspecified atom stereocenters. The number of urea groups is 1. The Labute approximate surface area is 112 Å². The molecule has 0 saturated carbocycles. The van der Waals surface area contributed by atoms with Crippen molar-refractivity contribution in [1.82, 2.24) is 15.2 Å². The first kappa shape index (κ1) is 12.2. The molecule has 6 heteroatoms. The molecule has 2 N–H and O–H groups in total. The van der Waals surface area contributed by atoms with Gasteiger partial charge >= 0.3 is 6.03 Å². The lowest BCUT2D eigenvalue weighted by Gasteiger charge is -2.37. The van der Waals surface area contributed by atoms with Gasteiger partial charge in [0.05, 0.1) is 12.6 Å². The van der Waals surface area contributed by atoms with E-state index in [1.807, 2.05) is 17.9 Å². The standard InChI is InChI=1S/C13H18N4O2/c1-9-4-10(8-18)5-14-12(9)16-2-3-17-11(7-16)6-15-13(17)19/h4-5,11,18H,2-3,6-8H2,1H3,(H,15,19). The minimum atomic E-state index is 0.0168. The molecule has 0 radical (unpaired) electrons. The van der Waals surface area contributed by atoms with Crippen LogP contribution in [-0.4, -0.2) is 53.2 Å². The molecule has 2 amide bonds. The molecule has 19 heavy (non-hydrogen) atoms. The van der Waals surface area contributed by atoms with Crippen molar-refractivity contribution in [1.29, 1.82) is 0 Å². The predicted molar refractivity (Wildman–Crippen MR) is 71.0 cm³/mol. The van der Waals surface area contributed by atoms with Crippen LogP contribution in [0.4, 0.5) is 10.6 Å². The molecule has 0 aromatic carbocycles. The minimum absolute atomic E-state index is 0.0168. The molecular formula is C13H18N4O2. The van der Waals surface area contributed by atoms with Crippen LogP contribution in [0.3, 0.4) is 0 Å². The molecule has 1 aromatic heterocycles. The Morgan fingerprint density at radius 1 is 1.53 bits per heavy atom. The second-order valence-corrected chi connectivity index (χ2v) is 5.12. The molecule has 0 spiro atoms. The fraction of sp³-hybridized carbons (Fsp3) is 0.538. The summed E-state index contributed by atoms with van der Waals surface area (Å²) in [6.45, 7) is 5.08. The number of hydrogen-bond donors (Lipinski definition) is 2. The van der Waals surface area contributed by atoms with Crippen molar-refractivity contribution in [3.05, 3.63) is 23.4 Å². The van der Waals surface area contributed by atoms with E-state index in [0.717, 1.165) is 36.6 Å². The number of aliphatic hydroxyl groups excluding tert-OH is 1. The molecule has 2 aliphatic heterocycles. The number of piperazine rings is 1. The third-order valence-corrected chi connectivity index (χ3v) is 3.82. The van der Waals surface area contributed by atoms with Gasteiger partial charge in [-0.3, -0.25) is 0 Å². The first-order valence-electron chi connectivity index (χ1n) is 6.55. The first-order chi connectivity index (χ1) is 9.19. The van der Waals surface area contributed by atoms with Crippen LogP contribution in [0.25, 0.3) is 0 Å². The molecule has 2 fully saturated rings. The molecule has 1 atom stereocenters. The molecular weight excluding hydrogens is 244 g/mol. The number of aryl methyl sites for hydroxylation is 1. The maximum atomic E-state index is 11.6. The molecule has 0 aliphatic carbocycles. The molecule has 102 valence electrons. The summed E-state index contributed by atoms with van der Waals surface area (Å²) in [5, 5.41) is 12.0. The van der Waals surface area contributed by atoms with Crippen molar-refractivity contribution in [2.24, 2.45) is 0 Å². The summed E-state index contributed by atoms with van der Waals surface area (Å²) < 4.78 is 0. The van der Waals surface area contributed by atoms with Gasteiger partial charge in [0.1, 0.15) is 5.82 Å². The number of carbonyl (C=O) groups is 1. The normalized spacial score (nSPS) is 22.4. The van der Waals surface area contributed by atoms with Gasteiger partial charge in [-0.25, -0.2) is 9.78 Å². The summed E-state index contributed by atoms with van der Waals surface area (Å²) in [4.78, 5) is 20.1. The van der Waals surface area contributed by atoms with Crippen LogP contribution in [0.15, 0.2) is 12.3 Å².